The van der Waals surface area contributed by atoms with Crippen LogP contribution in [0.4, 0.5) is 0 Å². The number of hydrogen-bond acceptors (Lipinski definition) is 2. The lowest BCUT2D eigenvalue weighted by Gasteiger charge is -2.27. The zero-order valence-electron chi connectivity index (χ0n) is 11.9. The molecule has 2 atom stereocenters. The maximum Gasteiger partial charge on any atom is 0.109 e. The van der Waals surface area contributed by atoms with Crippen LogP contribution in [0.5, 0.6) is 0 Å². The molecule has 0 radical (unpaired) electrons. The molecule has 102 valence electrons. The van der Waals surface area contributed by atoms with Gasteiger partial charge in [-0.1, -0.05) is 32.9 Å². The summed E-state index contributed by atoms with van der Waals surface area (Å²) in [5, 5.41) is 10.6. The molecule has 1 aromatic carbocycles. The van der Waals surface area contributed by atoms with Crippen LogP contribution in [-0.4, -0.2) is 20.8 Å². The fourth-order valence-corrected chi connectivity index (χ4v) is 3.33. The highest BCUT2D eigenvalue weighted by molar-refractivity contribution is 5.76. The number of aliphatic hydroxyl groups excluding tert-OH is 1. The molecule has 1 heterocycles. The minimum absolute atomic E-state index is 0.00104. The Morgan fingerprint density at radius 2 is 2.11 bits per heavy atom. The van der Waals surface area contributed by atoms with Gasteiger partial charge in [0.25, 0.3) is 0 Å². The third-order valence-electron chi connectivity index (χ3n) is 4.57. The summed E-state index contributed by atoms with van der Waals surface area (Å²) in [6.07, 6.45) is 2.70. The Morgan fingerprint density at radius 3 is 2.74 bits per heavy atom. The zero-order valence-corrected chi connectivity index (χ0v) is 11.9. The van der Waals surface area contributed by atoms with E-state index in [9.17, 15) is 5.11 Å². The topological polar surface area (TPSA) is 38.0 Å². The summed E-state index contributed by atoms with van der Waals surface area (Å²) in [4.78, 5) is 4.71. The first kappa shape index (κ1) is 12.7. The van der Waals surface area contributed by atoms with Crippen LogP contribution in [0.25, 0.3) is 11.0 Å². The lowest BCUT2D eigenvalue weighted by Crippen LogP contribution is -2.30. The first-order valence-corrected chi connectivity index (χ1v) is 7.18. The lowest BCUT2D eigenvalue weighted by molar-refractivity contribution is 0.0501. The molecule has 0 aliphatic heterocycles. The molecule has 2 aromatic rings. The molecule has 0 spiro atoms. The minimum Gasteiger partial charge on any atom is -0.390 e. The molecule has 0 saturated heterocycles. The average molecular weight is 258 g/mol. The number of rotatable bonds is 2. The van der Waals surface area contributed by atoms with E-state index in [-0.39, 0.29) is 17.6 Å². The van der Waals surface area contributed by atoms with E-state index < -0.39 is 0 Å². The Hall–Kier alpha value is -1.35. The van der Waals surface area contributed by atoms with Gasteiger partial charge in [-0.2, -0.15) is 0 Å². The van der Waals surface area contributed by atoms with Crippen molar-refractivity contribution in [2.24, 2.45) is 5.41 Å². The second kappa shape index (κ2) is 4.34. The quantitative estimate of drug-likeness (QED) is 0.897. The van der Waals surface area contributed by atoms with Crippen LogP contribution in [0.2, 0.25) is 0 Å². The van der Waals surface area contributed by atoms with Gasteiger partial charge in [-0.3, -0.25) is 0 Å². The van der Waals surface area contributed by atoms with E-state index in [1.807, 2.05) is 12.1 Å². The number of fused-ring (bicyclic) bond motifs is 1. The van der Waals surface area contributed by atoms with Crippen molar-refractivity contribution in [2.75, 3.05) is 0 Å². The highest BCUT2D eigenvalue weighted by atomic mass is 16.3. The van der Waals surface area contributed by atoms with Crippen LogP contribution in [0.3, 0.4) is 0 Å². The van der Waals surface area contributed by atoms with Crippen LogP contribution in [-0.2, 0) is 6.42 Å². The van der Waals surface area contributed by atoms with Crippen molar-refractivity contribution in [2.45, 2.75) is 52.2 Å². The number of aliphatic hydroxyl groups is 1. The van der Waals surface area contributed by atoms with Crippen LogP contribution in [0.15, 0.2) is 24.3 Å². The first-order valence-electron chi connectivity index (χ1n) is 7.18. The van der Waals surface area contributed by atoms with E-state index in [1.165, 1.54) is 0 Å². The van der Waals surface area contributed by atoms with E-state index in [0.29, 0.717) is 0 Å². The number of para-hydroxylation sites is 2. The van der Waals surface area contributed by atoms with E-state index in [0.717, 1.165) is 36.1 Å². The predicted molar refractivity (Wildman–Crippen MR) is 77.2 cm³/mol. The Bertz CT molecular complexity index is 600. The summed E-state index contributed by atoms with van der Waals surface area (Å²) in [6, 6.07) is 8.40. The van der Waals surface area contributed by atoms with Gasteiger partial charge >= 0.3 is 0 Å². The van der Waals surface area contributed by atoms with Gasteiger partial charge in [0.15, 0.2) is 0 Å². The summed E-state index contributed by atoms with van der Waals surface area (Å²) < 4.78 is 2.27. The predicted octanol–water partition coefficient (Wildman–Crippen LogP) is 3.32. The van der Waals surface area contributed by atoms with E-state index in [1.54, 1.807) is 0 Å². The molecule has 1 aliphatic carbocycles. The fraction of sp³-hybridized carbons (Fsp3) is 0.562. The first-order chi connectivity index (χ1) is 9.04. The Kier molecular flexibility index (Phi) is 2.90. The number of benzene rings is 1. The molecule has 1 aliphatic rings. The smallest absolute Gasteiger partial charge is 0.109 e. The van der Waals surface area contributed by atoms with Crippen molar-refractivity contribution in [3.63, 3.8) is 0 Å². The van der Waals surface area contributed by atoms with Crippen molar-refractivity contribution in [3.05, 3.63) is 30.1 Å². The van der Waals surface area contributed by atoms with Crippen LogP contribution < -0.4 is 0 Å². The molecular weight excluding hydrogens is 236 g/mol. The van der Waals surface area contributed by atoms with E-state index in [4.69, 9.17) is 4.98 Å². The van der Waals surface area contributed by atoms with Gasteiger partial charge in [0, 0.05) is 6.42 Å². The number of imidazole rings is 1. The molecule has 3 heteroatoms. The largest absolute Gasteiger partial charge is 0.390 e. The van der Waals surface area contributed by atoms with Gasteiger partial charge in [-0.15, -0.1) is 0 Å². The molecule has 3 rings (SSSR count). The van der Waals surface area contributed by atoms with E-state index in [2.05, 4.69) is 37.5 Å². The summed E-state index contributed by atoms with van der Waals surface area (Å²) in [6.45, 7) is 6.44. The summed E-state index contributed by atoms with van der Waals surface area (Å²) in [7, 11) is 0. The van der Waals surface area contributed by atoms with Crippen molar-refractivity contribution in [3.8, 4) is 0 Å². The van der Waals surface area contributed by atoms with Crippen LogP contribution in [0.1, 0.15) is 45.5 Å². The maximum atomic E-state index is 10.6. The van der Waals surface area contributed by atoms with Crippen molar-refractivity contribution in [1.29, 1.82) is 0 Å². The van der Waals surface area contributed by atoms with Gasteiger partial charge in [-0.25, -0.2) is 4.98 Å². The zero-order chi connectivity index (χ0) is 13.6. The number of aromatic nitrogens is 2. The van der Waals surface area contributed by atoms with Gasteiger partial charge in [0.1, 0.15) is 5.82 Å². The monoisotopic (exact) mass is 258 g/mol. The molecule has 3 nitrogen and oxygen atoms in total. The minimum atomic E-state index is -0.296. The van der Waals surface area contributed by atoms with E-state index >= 15 is 0 Å². The highest BCUT2D eigenvalue weighted by Gasteiger charge is 2.42. The molecule has 0 bridgehead atoms. The summed E-state index contributed by atoms with van der Waals surface area (Å²) in [5.74, 6) is 1.09. The van der Waals surface area contributed by atoms with Crippen molar-refractivity contribution >= 4 is 11.0 Å². The Balaban J connectivity index is 2.14. The molecule has 2 unspecified atom stereocenters. The molecule has 1 saturated carbocycles. The van der Waals surface area contributed by atoms with Gasteiger partial charge in [0.2, 0.25) is 0 Å². The molecule has 1 N–H and O–H groups in total. The Labute approximate surface area is 114 Å². The van der Waals surface area contributed by atoms with Crippen LogP contribution >= 0.6 is 0 Å². The molecule has 1 aromatic heterocycles. The second-order valence-corrected chi connectivity index (χ2v) is 6.28. The third-order valence-corrected chi connectivity index (χ3v) is 4.57. The average Bonchev–Trinajstić information content (AvgIpc) is 2.89. The highest BCUT2D eigenvalue weighted by Crippen LogP contribution is 2.45. The molecular formula is C16H22N2O. The van der Waals surface area contributed by atoms with Gasteiger partial charge in [-0.05, 0) is 30.4 Å². The normalized spacial score (nSPS) is 26.1. The number of aryl methyl sites for hydroxylation is 1. The van der Waals surface area contributed by atoms with Crippen molar-refractivity contribution < 1.29 is 5.11 Å². The Morgan fingerprint density at radius 1 is 1.37 bits per heavy atom. The molecule has 1 fully saturated rings. The SMILES string of the molecule is CCc1nc2ccccc2n1C1CCC(C)(C)C1O. The number of hydrogen-bond donors (Lipinski definition) is 1. The summed E-state index contributed by atoms with van der Waals surface area (Å²) >= 11 is 0. The second-order valence-electron chi connectivity index (χ2n) is 6.28. The standard InChI is InChI=1S/C16H22N2O/c1-4-14-17-11-7-5-6-8-12(11)18(14)13-9-10-16(2,3)15(13)19/h5-8,13,15,19H,4,9-10H2,1-3H3. The maximum absolute atomic E-state index is 10.6. The lowest BCUT2D eigenvalue weighted by atomic mass is 9.89. The van der Waals surface area contributed by atoms with Gasteiger partial charge in [0.05, 0.1) is 23.2 Å². The number of nitrogens with zero attached hydrogens (tertiary/aromatic N) is 2. The van der Waals surface area contributed by atoms with Gasteiger partial charge < -0.3 is 9.67 Å². The molecule has 19 heavy (non-hydrogen) atoms. The summed E-state index contributed by atoms with van der Waals surface area (Å²) in [5.41, 5.74) is 2.19. The van der Waals surface area contributed by atoms with Crippen molar-refractivity contribution in [1.82, 2.24) is 9.55 Å². The third kappa shape index (κ3) is 1.88. The van der Waals surface area contributed by atoms with Crippen LogP contribution in [0, 0.1) is 5.41 Å². The molecule has 0 amide bonds. The fourth-order valence-electron chi connectivity index (χ4n) is 3.33.